The quantitative estimate of drug-likeness (QED) is 0.169. The van der Waals surface area contributed by atoms with E-state index in [1.165, 1.54) is 11.8 Å². The molecule has 4 aromatic rings. The zero-order valence-electron chi connectivity index (χ0n) is 20.5. The average molecular weight is 562 g/mol. The normalized spacial score (nSPS) is 14.5. The Morgan fingerprint density at radius 1 is 1.03 bits per heavy atom. The summed E-state index contributed by atoms with van der Waals surface area (Å²) in [6.07, 6.45) is 3.79. The lowest BCUT2D eigenvalue weighted by Gasteiger charge is -2.12. The van der Waals surface area contributed by atoms with Gasteiger partial charge in [-0.25, -0.2) is 4.68 Å². The van der Waals surface area contributed by atoms with Crippen LogP contribution in [0.25, 0.3) is 23.0 Å². The molecule has 1 aliphatic heterocycles. The zero-order valence-corrected chi connectivity index (χ0v) is 22.9. The van der Waals surface area contributed by atoms with Gasteiger partial charge in [0.1, 0.15) is 16.7 Å². The van der Waals surface area contributed by atoms with Gasteiger partial charge in [-0.2, -0.15) is 5.10 Å². The number of rotatable bonds is 9. The zero-order chi connectivity index (χ0) is 26.5. The van der Waals surface area contributed by atoms with Gasteiger partial charge in [0.05, 0.1) is 29.4 Å². The van der Waals surface area contributed by atoms with Gasteiger partial charge in [0.2, 0.25) is 0 Å². The van der Waals surface area contributed by atoms with Crippen LogP contribution >= 0.6 is 35.6 Å². The first-order valence-corrected chi connectivity index (χ1v) is 13.5. The second-order valence-electron chi connectivity index (χ2n) is 8.48. The Morgan fingerprint density at radius 2 is 1.76 bits per heavy atom. The first-order chi connectivity index (χ1) is 18.5. The van der Waals surface area contributed by atoms with Gasteiger partial charge in [-0.05, 0) is 60.2 Å². The van der Waals surface area contributed by atoms with Gasteiger partial charge < -0.3 is 9.47 Å². The summed E-state index contributed by atoms with van der Waals surface area (Å²) < 4.78 is 13.4. The van der Waals surface area contributed by atoms with E-state index in [4.69, 9.17) is 38.4 Å². The van der Waals surface area contributed by atoms with Crippen molar-refractivity contribution >= 4 is 51.9 Å². The van der Waals surface area contributed by atoms with Crippen molar-refractivity contribution in [3.05, 3.63) is 106 Å². The molecule has 1 saturated heterocycles. The smallest absolute Gasteiger partial charge is 0.266 e. The fraction of sp³-hybridized carbons (Fsp3) is 0.138. The van der Waals surface area contributed by atoms with Gasteiger partial charge in [-0.1, -0.05) is 65.9 Å². The highest BCUT2D eigenvalue weighted by Gasteiger charge is 2.32. The summed E-state index contributed by atoms with van der Waals surface area (Å²) in [5, 5.41) is 5.56. The highest BCUT2D eigenvalue weighted by molar-refractivity contribution is 8.26. The molecule has 9 heteroatoms. The van der Waals surface area contributed by atoms with Crippen LogP contribution in [0.3, 0.4) is 0 Å². The van der Waals surface area contributed by atoms with Gasteiger partial charge in [-0.3, -0.25) is 9.69 Å². The first-order valence-electron chi connectivity index (χ1n) is 11.9. The number of thiocarbonyl (C=S) groups is 1. The summed E-state index contributed by atoms with van der Waals surface area (Å²) in [4.78, 5) is 15.2. The van der Waals surface area contributed by atoms with Crippen molar-refractivity contribution in [3.8, 4) is 22.7 Å². The lowest BCUT2D eigenvalue weighted by molar-refractivity contribution is -0.122. The van der Waals surface area contributed by atoms with Gasteiger partial charge in [0, 0.05) is 29.5 Å². The largest absolute Gasteiger partial charge is 0.489 e. The molecule has 0 atom stereocenters. The van der Waals surface area contributed by atoms with E-state index >= 15 is 0 Å². The lowest BCUT2D eigenvalue weighted by atomic mass is 10.1. The van der Waals surface area contributed by atoms with Crippen molar-refractivity contribution in [3.63, 3.8) is 0 Å². The minimum Gasteiger partial charge on any atom is -0.489 e. The number of para-hydroxylation sites is 1. The topological polar surface area (TPSA) is 56.6 Å². The number of carbonyl (C=O) groups is 1. The molecule has 38 heavy (non-hydrogen) atoms. The standard InChI is InChI=1S/C29H24ClN3O3S2/c1-35-16-15-32-28(34)26(38-29(32)37)17-22-18-33(24-5-3-2-4-6-24)31-27(22)21-9-13-25(14-10-21)36-19-20-7-11-23(30)12-8-20/h2-14,17-18H,15-16,19H2,1H3. The van der Waals surface area contributed by atoms with Crippen LogP contribution in [0.1, 0.15) is 11.1 Å². The number of benzene rings is 3. The number of aromatic nitrogens is 2. The van der Waals surface area contributed by atoms with Crippen LogP contribution in [0, 0.1) is 0 Å². The minimum atomic E-state index is -0.124. The van der Waals surface area contributed by atoms with E-state index in [1.807, 2.05) is 95.8 Å². The molecule has 2 heterocycles. The first kappa shape index (κ1) is 26.2. The van der Waals surface area contributed by atoms with Gasteiger partial charge in [0.25, 0.3) is 5.91 Å². The molecule has 5 rings (SSSR count). The molecular formula is C29H24ClN3O3S2. The number of nitrogens with zero attached hydrogens (tertiary/aromatic N) is 3. The Bertz CT molecular complexity index is 1470. The maximum atomic E-state index is 13.0. The Morgan fingerprint density at radius 3 is 2.47 bits per heavy atom. The van der Waals surface area contributed by atoms with Gasteiger partial charge >= 0.3 is 0 Å². The fourth-order valence-corrected chi connectivity index (χ4v) is 5.33. The van der Waals surface area contributed by atoms with Crippen molar-refractivity contribution in [2.45, 2.75) is 6.61 Å². The lowest BCUT2D eigenvalue weighted by Crippen LogP contribution is -2.31. The van der Waals surface area contributed by atoms with E-state index < -0.39 is 0 Å². The Balaban J connectivity index is 1.43. The highest BCUT2D eigenvalue weighted by atomic mass is 35.5. The van der Waals surface area contributed by atoms with Gasteiger partial charge in [0.15, 0.2) is 0 Å². The maximum Gasteiger partial charge on any atom is 0.266 e. The Hall–Kier alpha value is -3.43. The van der Waals surface area contributed by atoms with Crippen LogP contribution in [0.15, 0.2) is 90.0 Å². The van der Waals surface area contributed by atoms with E-state index in [0.717, 1.165) is 33.8 Å². The number of ether oxygens (including phenoxy) is 2. The molecule has 1 amide bonds. The SMILES string of the molecule is COCCN1C(=O)C(=Cc2cn(-c3ccccc3)nc2-c2ccc(OCc3ccc(Cl)cc3)cc2)SC1=S. The van der Waals surface area contributed by atoms with Crippen molar-refractivity contribution in [1.29, 1.82) is 0 Å². The number of halogens is 1. The second-order valence-corrected chi connectivity index (χ2v) is 10.6. The number of hydrogen-bond acceptors (Lipinski definition) is 6. The van der Waals surface area contributed by atoms with Crippen molar-refractivity contribution in [2.75, 3.05) is 20.3 Å². The molecule has 3 aromatic carbocycles. The molecule has 0 saturated carbocycles. The summed E-state index contributed by atoms with van der Waals surface area (Å²) in [6.45, 7) is 1.28. The van der Waals surface area contributed by atoms with Crippen LogP contribution in [0.2, 0.25) is 5.02 Å². The molecule has 0 unspecified atom stereocenters. The molecule has 6 nitrogen and oxygen atoms in total. The van der Waals surface area contributed by atoms with Crippen LogP contribution in [0.5, 0.6) is 5.75 Å². The molecule has 1 aliphatic rings. The molecule has 1 aromatic heterocycles. The van der Waals surface area contributed by atoms with Crippen LogP contribution < -0.4 is 4.74 Å². The molecule has 0 N–H and O–H groups in total. The molecular weight excluding hydrogens is 538 g/mol. The summed E-state index contributed by atoms with van der Waals surface area (Å²) in [5.41, 5.74) is 4.42. The maximum absolute atomic E-state index is 13.0. The summed E-state index contributed by atoms with van der Waals surface area (Å²) >= 11 is 12.7. The van der Waals surface area contributed by atoms with E-state index in [-0.39, 0.29) is 5.91 Å². The predicted molar refractivity (Wildman–Crippen MR) is 157 cm³/mol. The third-order valence-electron chi connectivity index (χ3n) is 5.89. The van der Waals surface area contributed by atoms with Crippen LogP contribution in [0.4, 0.5) is 0 Å². The molecule has 0 radical (unpaired) electrons. The Labute approximate surface area is 235 Å². The monoisotopic (exact) mass is 561 g/mol. The third kappa shape index (κ3) is 6.00. The number of hydrogen-bond donors (Lipinski definition) is 0. The molecule has 192 valence electrons. The van der Waals surface area contributed by atoms with E-state index in [1.54, 1.807) is 12.0 Å². The number of thioether (sulfide) groups is 1. The number of methoxy groups -OCH3 is 1. The molecule has 0 bridgehead atoms. The fourth-order valence-electron chi connectivity index (χ4n) is 3.90. The summed E-state index contributed by atoms with van der Waals surface area (Å²) in [7, 11) is 1.60. The Kier molecular flexibility index (Phi) is 8.24. The van der Waals surface area contributed by atoms with Crippen LogP contribution in [-0.2, 0) is 16.1 Å². The molecule has 0 spiro atoms. The summed E-state index contributed by atoms with van der Waals surface area (Å²) in [5.74, 6) is 0.619. The van der Waals surface area contributed by atoms with Crippen molar-refractivity contribution in [2.24, 2.45) is 0 Å². The molecule has 1 fully saturated rings. The highest BCUT2D eigenvalue weighted by Crippen LogP contribution is 2.35. The molecule has 0 aliphatic carbocycles. The third-order valence-corrected chi connectivity index (χ3v) is 7.52. The van der Waals surface area contributed by atoms with E-state index in [0.29, 0.717) is 34.0 Å². The number of amides is 1. The predicted octanol–water partition coefficient (Wildman–Crippen LogP) is 6.62. The van der Waals surface area contributed by atoms with Gasteiger partial charge in [-0.15, -0.1) is 0 Å². The van der Waals surface area contributed by atoms with E-state index in [2.05, 4.69) is 0 Å². The van der Waals surface area contributed by atoms with E-state index in [9.17, 15) is 4.79 Å². The number of carbonyl (C=O) groups excluding carboxylic acids is 1. The second kappa shape index (κ2) is 12.0. The summed E-state index contributed by atoms with van der Waals surface area (Å²) in [6, 6.07) is 25.2. The minimum absolute atomic E-state index is 0.124. The van der Waals surface area contributed by atoms with Crippen molar-refractivity contribution < 1.29 is 14.3 Å². The average Bonchev–Trinajstić information content (AvgIpc) is 3.48. The van der Waals surface area contributed by atoms with Crippen molar-refractivity contribution in [1.82, 2.24) is 14.7 Å². The van der Waals surface area contributed by atoms with Crippen LogP contribution in [-0.4, -0.2) is 45.2 Å².